The number of carbonyl (C=O) groups excluding carboxylic acids is 1. The molecule has 3 aromatic rings. The van der Waals surface area contributed by atoms with Crippen LogP contribution in [0.2, 0.25) is 10.0 Å². The number of ether oxygens (including phenoxy) is 1. The van der Waals surface area contributed by atoms with Crippen LogP contribution in [-0.4, -0.2) is 22.1 Å². The van der Waals surface area contributed by atoms with Crippen molar-refractivity contribution < 1.29 is 9.53 Å². The van der Waals surface area contributed by atoms with Gasteiger partial charge in [0.05, 0.1) is 11.6 Å². The molecule has 0 fully saturated rings. The molecule has 0 bridgehead atoms. The highest BCUT2D eigenvalue weighted by Gasteiger charge is 2.23. The Morgan fingerprint density at radius 2 is 1.79 bits per heavy atom. The molecule has 4 nitrogen and oxygen atoms in total. The highest BCUT2D eigenvalue weighted by atomic mass is 35.5. The molecule has 0 atom stereocenters. The van der Waals surface area contributed by atoms with Crippen LogP contribution >= 0.6 is 23.2 Å². The van der Waals surface area contributed by atoms with Crippen LogP contribution in [0.25, 0.3) is 11.4 Å². The van der Waals surface area contributed by atoms with Gasteiger partial charge in [0.1, 0.15) is 5.82 Å². The SMILES string of the molecule is Cc1c(C(=O)OCC(C)C)nc(-c2ccccc2Cl)n1Cc1ccc(Cl)cc1. The highest BCUT2D eigenvalue weighted by molar-refractivity contribution is 6.33. The van der Waals surface area contributed by atoms with Gasteiger partial charge in [0, 0.05) is 22.8 Å². The quantitative estimate of drug-likeness (QED) is 0.460. The Kier molecular flexibility index (Phi) is 6.42. The van der Waals surface area contributed by atoms with Crippen molar-refractivity contribution in [3.63, 3.8) is 0 Å². The Balaban J connectivity index is 2.05. The maximum Gasteiger partial charge on any atom is 0.358 e. The van der Waals surface area contributed by atoms with Gasteiger partial charge in [0.25, 0.3) is 0 Å². The van der Waals surface area contributed by atoms with E-state index in [1.165, 1.54) is 0 Å². The Hall–Kier alpha value is -2.30. The van der Waals surface area contributed by atoms with Crippen LogP contribution in [0.3, 0.4) is 0 Å². The van der Waals surface area contributed by atoms with Gasteiger partial charge in [-0.1, -0.05) is 61.3 Å². The number of hydrogen-bond donors (Lipinski definition) is 0. The molecule has 6 heteroatoms. The third-order valence-corrected chi connectivity index (χ3v) is 4.91. The summed E-state index contributed by atoms with van der Waals surface area (Å²) < 4.78 is 7.39. The molecule has 146 valence electrons. The van der Waals surface area contributed by atoms with Crippen molar-refractivity contribution in [2.75, 3.05) is 6.61 Å². The van der Waals surface area contributed by atoms with E-state index in [0.29, 0.717) is 34.7 Å². The fraction of sp³-hybridized carbons (Fsp3) is 0.273. The van der Waals surface area contributed by atoms with Crippen LogP contribution in [0, 0.1) is 12.8 Å². The summed E-state index contributed by atoms with van der Waals surface area (Å²) in [5, 5.41) is 1.25. The van der Waals surface area contributed by atoms with Crippen LogP contribution < -0.4 is 0 Å². The number of aromatic nitrogens is 2. The Bertz CT molecular complexity index is 979. The minimum atomic E-state index is -0.422. The minimum absolute atomic E-state index is 0.253. The van der Waals surface area contributed by atoms with Gasteiger partial charge >= 0.3 is 5.97 Å². The first kappa shape index (κ1) is 20.4. The zero-order valence-corrected chi connectivity index (χ0v) is 17.6. The van der Waals surface area contributed by atoms with Gasteiger partial charge in [0.15, 0.2) is 5.69 Å². The van der Waals surface area contributed by atoms with Crippen LogP contribution in [-0.2, 0) is 11.3 Å². The zero-order chi connectivity index (χ0) is 20.3. The minimum Gasteiger partial charge on any atom is -0.461 e. The Morgan fingerprint density at radius 3 is 2.43 bits per heavy atom. The molecule has 0 unspecified atom stereocenters. The summed E-state index contributed by atoms with van der Waals surface area (Å²) in [5.41, 5.74) is 2.85. The topological polar surface area (TPSA) is 44.1 Å². The predicted octanol–water partition coefficient (Wildman–Crippen LogP) is 6.03. The Morgan fingerprint density at radius 1 is 1.11 bits per heavy atom. The fourth-order valence-electron chi connectivity index (χ4n) is 2.85. The van der Waals surface area contributed by atoms with E-state index in [1.807, 2.05) is 73.9 Å². The second-order valence-corrected chi connectivity index (χ2v) is 7.90. The molecule has 0 saturated carbocycles. The summed E-state index contributed by atoms with van der Waals surface area (Å²) in [6, 6.07) is 15.1. The molecule has 3 rings (SSSR count). The lowest BCUT2D eigenvalue weighted by atomic mass is 10.2. The molecule has 0 aliphatic heterocycles. The summed E-state index contributed by atoms with van der Waals surface area (Å²) in [6.45, 7) is 6.75. The van der Waals surface area contributed by atoms with Crippen LogP contribution in [0.5, 0.6) is 0 Å². The summed E-state index contributed by atoms with van der Waals surface area (Å²) in [7, 11) is 0. The van der Waals surface area contributed by atoms with E-state index in [9.17, 15) is 4.79 Å². The average Bonchev–Trinajstić information content (AvgIpc) is 2.98. The van der Waals surface area contributed by atoms with Crippen molar-refractivity contribution >= 4 is 29.2 Å². The molecule has 0 aliphatic rings. The molecular weight excluding hydrogens is 395 g/mol. The third-order valence-electron chi connectivity index (χ3n) is 4.33. The molecule has 28 heavy (non-hydrogen) atoms. The van der Waals surface area contributed by atoms with Gasteiger partial charge in [-0.3, -0.25) is 0 Å². The van der Waals surface area contributed by atoms with Gasteiger partial charge < -0.3 is 9.30 Å². The smallest absolute Gasteiger partial charge is 0.358 e. The van der Waals surface area contributed by atoms with Gasteiger partial charge in [-0.2, -0.15) is 0 Å². The average molecular weight is 417 g/mol. The van der Waals surface area contributed by atoms with Gasteiger partial charge in [-0.15, -0.1) is 0 Å². The third kappa shape index (κ3) is 4.57. The predicted molar refractivity (Wildman–Crippen MR) is 113 cm³/mol. The van der Waals surface area contributed by atoms with Crippen molar-refractivity contribution in [1.82, 2.24) is 9.55 Å². The highest BCUT2D eigenvalue weighted by Crippen LogP contribution is 2.30. The molecular formula is C22H22Cl2N2O2. The van der Waals surface area contributed by atoms with Gasteiger partial charge in [0.2, 0.25) is 0 Å². The van der Waals surface area contributed by atoms with Crippen LogP contribution in [0.1, 0.15) is 35.6 Å². The van der Waals surface area contributed by atoms with Crippen LogP contribution in [0.15, 0.2) is 48.5 Å². The second kappa shape index (κ2) is 8.80. The molecule has 0 aliphatic carbocycles. The maximum atomic E-state index is 12.6. The van der Waals surface area contributed by atoms with Crippen molar-refractivity contribution in [3.8, 4) is 11.4 Å². The summed E-state index contributed by atoms with van der Waals surface area (Å²) in [5.74, 6) is 0.465. The standard InChI is InChI=1S/C22H22Cl2N2O2/c1-14(2)13-28-22(27)20-15(3)26(12-16-8-10-17(23)11-9-16)21(25-20)18-6-4-5-7-19(18)24/h4-11,14H,12-13H2,1-3H3. The van der Waals surface area contributed by atoms with Crippen molar-refractivity contribution in [3.05, 3.63) is 75.5 Å². The lowest BCUT2D eigenvalue weighted by Gasteiger charge is -2.12. The van der Waals surface area contributed by atoms with E-state index in [0.717, 1.165) is 16.8 Å². The molecule has 0 N–H and O–H groups in total. The largest absolute Gasteiger partial charge is 0.461 e. The monoisotopic (exact) mass is 416 g/mol. The number of benzene rings is 2. The van der Waals surface area contributed by atoms with Crippen molar-refractivity contribution in [2.45, 2.75) is 27.3 Å². The molecule has 0 spiro atoms. The molecule has 1 heterocycles. The van der Waals surface area contributed by atoms with Gasteiger partial charge in [-0.25, -0.2) is 9.78 Å². The number of hydrogen-bond acceptors (Lipinski definition) is 3. The van der Waals surface area contributed by atoms with E-state index in [-0.39, 0.29) is 5.92 Å². The molecule has 1 aromatic heterocycles. The molecule has 0 amide bonds. The van der Waals surface area contributed by atoms with E-state index in [2.05, 4.69) is 4.98 Å². The van der Waals surface area contributed by atoms with E-state index >= 15 is 0 Å². The van der Waals surface area contributed by atoms with E-state index in [1.54, 1.807) is 0 Å². The number of rotatable bonds is 6. The molecule has 2 aromatic carbocycles. The van der Waals surface area contributed by atoms with E-state index in [4.69, 9.17) is 27.9 Å². The first-order chi connectivity index (χ1) is 13.4. The first-order valence-corrected chi connectivity index (χ1v) is 9.86. The summed E-state index contributed by atoms with van der Waals surface area (Å²) >= 11 is 12.4. The number of carbonyl (C=O) groups is 1. The molecule has 0 saturated heterocycles. The number of halogens is 2. The van der Waals surface area contributed by atoms with Crippen LogP contribution in [0.4, 0.5) is 0 Å². The Labute approximate surface area is 175 Å². The number of esters is 1. The molecule has 0 radical (unpaired) electrons. The summed E-state index contributed by atoms with van der Waals surface area (Å²) in [4.78, 5) is 17.2. The zero-order valence-electron chi connectivity index (χ0n) is 16.1. The number of imidazole rings is 1. The second-order valence-electron chi connectivity index (χ2n) is 7.05. The van der Waals surface area contributed by atoms with Crippen molar-refractivity contribution in [2.24, 2.45) is 5.92 Å². The lowest BCUT2D eigenvalue weighted by molar-refractivity contribution is 0.0451. The normalized spacial score (nSPS) is 11.1. The van der Waals surface area contributed by atoms with E-state index < -0.39 is 5.97 Å². The number of nitrogens with zero attached hydrogens (tertiary/aromatic N) is 2. The first-order valence-electron chi connectivity index (χ1n) is 9.10. The summed E-state index contributed by atoms with van der Waals surface area (Å²) in [6.07, 6.45) is 0. The maximum absolute atomic E-state index is 12.6. The van der Waals surface area contributed by atoms with Gasteiger partial charge in [-0.05, 0) is 42.7 Å². The van der Waals surface area contributed by atoms with Crippen molar-refractivity contribution in [1.29, 1.82) is 0 Å². The lowest BCUT2D eigenvalue weighted by Crippen LogP contribution is -2.12. The fourth-order valence-corrected chi connectivity index (χ4v) is 3.20.